The molecule has 2 aromatic heterocycles. The van der Waals surface area contributed by atoms with Crippen LogP contribution in [0.15, 0.2) is 18.5 Å². The molecule has 0 fully saturated rings. The van der Waals surface area contributed by atoms with Gasteiger partial charge in [-0.05, 0) is 6.07 Å². The minimum absolute atomic E-state index is 0.0189. The van der Waals surface area contributed by atoms with E-state index in [1.807, 2.05) is 6.07 Å². The standard InChI is InChI=1S/C10H11ClN4O/c1-14(2)9(16)6-15-4-3-7-8(15)5-12-13-10(7)11/h3-5H,6H2,1-2H3. The van der Waals surface area contributed by atoms with E-state index in [0.717, 1.165) is 10.9 Å². The first-order valence-electron chi connectivity index (χ1n) is 4.76. The average Bonchev–Trinajstić information content (AvgIpc) is 2.63. The maximum absolute atomic E-state index is 11.6. The highest BCUT2D eigenvalue weighted by Crippen LogP contribution is 2.20. The molecule has 0 aromatic carbocycles. The quantitative estimate of drug-likeness (QED) is 0.789. The van der Waals surface area contributed by atoms with Crippen LogP contribution in [0, 0.1) is 0 Å². The summed E-state index contributed by atoms with van der Waals surface area (Å²) < 4.78 is 1.80. The molecule has 0 N–H and O–H groups in total. The molecule has 0 radical (unpaired) electrons. The second-order valence-corrected chi connectivity index (χ2v) is 4.02. The highest BCUT2D eigenvalue weighted by Gasteiger charge is 2.10. The van der Waals surface area contributed by atoms with Crippen molar-refractivity contribution < 1.29 is 4.79 Å². The Kier molecular flexibility index (Phi) is 2.78. The largest absolute Gasteiger partial charge is 0.347 e. The fraction of sp³-hybridized carbons (Fsp3) is 0.300. The van der Waals surface area contributed by atoms with Crippen molar-refractivity contribution in [3.8, 4) is 0 Å². The number of fused-ring (bicyclic) bond motifs is 1. The van der Waals surface area contributed by atoms with Crippen LogP contribution in [0.3, 0.4) is 0 Å². The zero-order valence-electron chi connectivity index (χ0n) is 9.01. The van der Waals surface area contributed by atoms with E-state index in [9.17, 15) is 4.79 Å². The lowest BCUT2D eigenvalue weighted by Gasteiger charge is -2.11. The first-order chi connectivity index (χ1) is 7.59. The van der Waals surface area contributed by atoms with Crippen molar-refractivity contribution in [2.24, 2.45) is 0 Å². The van der Waals surface area contributed by atoms with Crippen LogP contribution >= 0.6 is 11.6 Å². The summed E-state index contributed by atoms with van der Waals surface area (Å²) in [7, 11) is 3.45. The molecular formula is C10H11ClN4O. The van der Waals surface area contributed by atoms with Crippen LogP contribution in [-0.2, 0) is 11.3 Å². The van der Waals surface area contributed by atoms with Crippen LogP contribution in [0.5, 0.6) is 0 Å². The number of hydrogen-bond acceptors (Lipinski definition) is 3. The Labute approximate surface area is 97.6 Å². The Morgan fingerprint density at radius 3 is 3.00 bits per heavy atom. The SMILES string of the molecule is CN(C)C(=O)Cn1ccc2c(Cl)nncc21. The molecule has 0 aliphatic carbocycles. The van der Waals surface area contributed by atoms with Gasteiger partial charge in [-0.2, -0.15) is 5.10 Å². The molecule has 0 unspecified atom stereocenters. The number of carbonyl (C=O) groups is 1. The lowest BCUT2D eigenvalue weighted by molar-refractivity contribution is -0.129. The molecule has 0 saturated carbocycles. The highest BCUT2D eigenvalue weighted by molar-refractivity contribution is 6.34. The molecule has 2 rings (SSSR count). The van der Waals surface area contributed by atoms with Crippen LogP contribution in [0.4, 0.5) is 0 Å². The number of hydrogen-bond donors (Lipinski definition) is 0. The Balaban J connectivity index is 2.39. The van der Waals surface area contributed by atoms with Gasteiger partial charge in [0.25, 0.3) is 0 Å². The van der Waals surface area contributed by atoms with Gasteiger partial charge in [-0.1, -0.05) is 11.6 Å². The Bertz CT molecular complexity index is 535. The predicted molar refractivity (Wildman–Crippen MR) is 61.2 cm³/mol. The summed E-state index contributed by atoms with van der Waals surface area (Å²) in [6.45, 7) is 0.276. The lowest BCUT2D eigenvalue weighted by atomic mass is 10.4. The second kappa shape index (κ2) is 4.09. The number of nitrogens with zero attached hydrogens (tertiary/aromatic N) is 4. The minimum Gasteiger partial charge on any atom is -0.347 e. The molecule has 0 atom stereocenters. The molecule has 0 spiro atoms. The van der Waals surface area contributed by atoms with Crippen molar-refractivity contribution in [3.63, 3.8) is 0 Å². The highest BCUT2D eigenvalue weighted by atomic mass is 35.5. The third kappa shape index (κ3) is 1.86. The molecule has 6 heteroatoms. The lowest BCUT2D eigenvalue weighted by Crippen LogP contribution is -2.25. The maximum Gasteiger partial charge on any atom is 0.241 e. The van der Waals surface area contributed by atoms with Crippen molar-refractivity contribution in [1.29, 1.82) is 0 Å². The van der Waals surface area contributed by atoms with Gasteiger partial charge in [-0.15, -0.1) is 5.10 Å². The van der Waals surface area contributed by atoms with Gasteiger partial charge in [0.1, 0.15) is 6.54 Å². The molecule has 0 bridgehead atoms. The molecule has 2 aromatic rings. The van der Waals surface area contributed by atoms with Crippen molar-refractivity contribution in [2.45, 2.75) is 6.54 Å². The normalized spacial score (nSPS) is 10.7. The zero-order chi connectivity index (χ0) is 11.7. The summed E-state index contributed by atoms with van der Waals surface area (Å²) in [6, 6.07) is 1.83. The van der Waals surface area contributed by atoms with Crippen molar-refractivity contribution in [2.75, 3.05) is 14.1 Å². The summed E-state index contributed by atoms with van der Waals surface area (Å²) in [4.78, 5) is 13.1. The van der Waals surface area contributed by atoms with Crippen molar-refractivity contribution in [3.05, 3.63) is 23.6 Å². The van der Waals surface area contributed by atoms with E-state index in [2.05, 4.69) is 10.2 Å². The molecular weight excluding hydrogens is 228 g/mol. The van der Waals surface area contributed by atoms with Crippen molar-refractivity contribution in [1.82, 2.24) is 19.7 Å². The van der Waals surface area contributed by atoms with Gasteiger partial charge in [0.2, 0.25) is 5.91 Å². The van der Waals surface area contributed by atoms with E-state index in [1.54, 1.807) is 36.0 Å². The minimum atomic E-state index is 0.0189. The first-order valence-corrected chi connectivity index (χ1v) is 5.13. The number of carbonyl (C=O) groups excluding carboxylic acids is 1. The van der Waals surface area contributed by atoms with Gasteiger partial charge in [0, 0.05) is 25.7 Å². The van der Waals surface area contributed by atoms with Crippen LogP contribution < -0.4 is 0 Å². The Morgan fingerprint density at radius 1 is 1.56 bits per heavy atom. The Hall–Kier alpha value is -1.62. The van der Waals surface area contributed by atoms with Crippen LogP contribution in [0.2, 0.25) is 5.15 Å². The average molecular weight is 239 g/mol. The molecule has 5 nitrogen and oxygen atoms in total. The van der Waals surface area contributed by atoms with Gasteiger partial charge in [-0.3, -0.25) is 4.79 Å². The fourth-order valence-corrected chi connectivity index (χ4v) is 1.62. The molecule has 2 heterocycles. The third-order valence-corrected chi connectivity index (χ3v) is 2.64. The molecule has 16 heavy (non-hydrogen) atoms. The number of halogens is 1. The zero-order valence-corrected chi connectivity index (χ0v) is 9.77. The topological polar surface area (TPSA) is 51.0 Å². The van der Waals surface area contributed by atoms with Crippen LogP contribution in [0.1, 0.15) is 0 Å². The molecule has 0 aliphatic heterocycles. The summed E-state index contributed by atoms with van der Waals surface area (Å²) >= 11 is 5.89. The molecule has 0 aliphatic rings. The van der Waals surface area contributed by atoms with Crippen molar-refractivity contribution >= 4 is 28.4 Å². The van der Waals surface area contributed by atoms with E-state index in [4.69, 9.17) is 11.6 Å². The molecule has 1 amide bonds. The number of amides is 1. The predicted octanol–water partition coefficient (Wildman–Crippen LogP) is 1.17. The second-order valence-electron chi connectivity index (χ2n) is 3.67. The number of likely N-dealkylation sites (N-methyl/N-ethyl adjacent to an activating group) is 1. The molecule has 84 valence electrons. The van der Waals surface area contributed by atoms with Gasteiger partial charge in [0.15, 0.2) is 5.15 Å². The van der Waals surface area contributed by atoms with E-state index in [0.29, 0.717) is 5.15 Å². The molecule has 0 saturated heterocycles. The van der Waals surface area contributed by atoms with Crippen LogP contribution in [-0.4, -0.2) is 39.7 Å². The summed E-state index contributed by atoms with van der Waals surface area (Å²) in [6.07, 6.45) is 3.41. The summed E-state index contributed by atoms with van der Waals surface area (Å²) in [5.74, 6) is 0.0189. The van der Waals surface area contributed by atoms with E-state index < -0.39 is 0 Å². The van der Waals surface area contributed by atoms with Gasteiger partial charge in [-0.25, -0.2) is 0 Å². The number of rotatable bonds is 2. The van der Waals surface area contributed by atoms with E-state index in [1.165, 1.54) is 0 Å². The summed E-state index contributed by atoms with van der Waals surface area (Å²) in [5.41, 5.74) is 0.815. The smallest absolute Gasteiger partial charge is 0.241 e. The summed E-state index contributed by atoms with van der Waals surface area (Å²) in [5, 5.41) is 8.68. The van der Waals surface area contributed by atoms with Crippen LogP contribution in [0.25, 0.3) is 10.9 Å². The van der Waals surface area contributed by atoms with E-state index >= 15 is 0 Å². The van der Waals surface area contributed by atoms with Gasteiger partial charge < -0.3 is 9.47 Å². The maximum atomic E-state index is 11.6. The Morgan fingerprint density at radius 2 is 2.31 bits per heavy atom. The van der Waals surface area contributed by atoms with E-state index in [-0.39, 0.29) is 12.5 Å². The third-order valence-electron chi connectivity index (χ3n) is 2.36. The first kappa shape index (κ1) is 10.9. The number of aromatic nitrogens is 3. The van der Waals surface area contributed by atoms with Gasteiger partial charge >= 0.3 is 0 Å². The fourth-order valence-electron chi connectivity index (χ4n) is 1.42. The van der Waals surface area contributed by atoms with Gasteiger partial charge in [0.05, 0.1) is 11.7 Å². The monoisotopic (exact) mass is 238 g/mol.